The van der Waals surface area contributed by atoms with Crippen molar-refractivity contribution in [3.63, 3.8) is 0 Å². The van der Waals surface area contributed by atoms with Crippen molar-refractivity contribution < 1.29 is 33.4 Å². The molecule has 2 amide bonds. The third kappa shape index (κ3) is 7.42. The molecule has 0 unspecified atom stereocenters. The maximum absolute atomic E-state index is 15.7. The van der Waals surface area contributed by atoms with Gasteiger partial charge in [-0.15, -0.1) is 11.3 Å². The van der Waals surface area contributed by atoms with Crippen molar-refractivity contribution in [3.8, 4) is 0 Å². The number of fused-ring (bicyclic) bond motifs is 1. The predicted octanol–water partition coefficient (Wildman–Crippen LogP) is 6.51. The number of benzene rings is 2. The smallest absolute Gasteiger partial charge is 0.306 e. The molecule has 1 saturated carbocycles. The van der Waals surface area contributed by atoms with Crippen LogP contribution >= 0.6 is 33.9 Å². The molecule has 3 aliphatic rings. The first-order valence-electron chi connectivity index (χ1n) is 16.7. The molecule has 48 heavy (non-hydrogen) atoms. The standard InChI is InChI=1S/C36H43FIN3O6S/c1-3-36(46-2)20-40(21-36)25-14-26(18-47-27-10-8-22(9-11-27)35(44)45)41(17-25)33(42)13-23-12-24(16-38)31(15-30(23)37)39-34(43)29-19-48-32-7-5-4-6-28(29)32/h4-7,12,15,19,22,25-27H,3,8-11,13-14,16-18,20-21H2,1-2H3,(H,39,43)(H,44,45)/t22-,25-,26-,27-/m0/s1. The summed E-state index contributed by atoms with van der Waals surface area (Å²) in [5.41, 5.74) is 1.84. The highest BCUT2D eigenvalue weighted by molar-refractivity contribution is 14.1. The Morgan fingerprint density at radius 3 is 2.56 bits per heavy atom. The first-order chi connectivity index (χ1) is 23.1. The maximum atomic E-state index is 15.7. The first kappa shape index (κ1) is 35.2. The van der Waals surface area contributed by atoms with Gasteiger partial charge in [0.15, 0.2) is 0 Å². The minimum atomic E-state index is -0.748. The van der Waals surface area contributed by atoms with Crippen molar-refractivity contribution in [3.05, 3.63) is 64.3 Å². The number of carbonyl (C=O) groups excluding carboxylic acids is 2. The highest BCUT2D eigenvalue weighted by Crippen LogP contribution is 2.36. The summed E-state index contributed by atoms with van der Waals surface area (Å²) < 4.78 is 29.3. The second kappa shape index (κ2) is 15.1. The van der Waals surface area contributed by atoms with Crippen LogP contribution in [0.3, 0.4) is 0 Å². The van der Waals surface area contributed by atoms with Crippen LogP contribution in [0.15, 0.2) is 41.8 Å². The van der Waals surface area contributed by atoms with Gasteiger partial charge >= 0.3 is 5.97 Å². The molecule has 3 fully saturated rings. The van der Waals surface area contributed by atoms with Crippen LogP contribution in [0.2, 0.25) is 0 Å². The Kier molecular flexibility index (Phi) is 11.1. The molecule has 2 aliphatic heterocycles. The molecule has 0 spiro atoms. The fraction of sp³-hybridized carbons (Fsp3) is 0.528. The summed E-state index contributed by atoms with van der Waals surface area (Å²) in [6.07, 6.45) is 4.12. The number of thiophene rings is 1. The Morgan fingerprint density at radius 2 is 1.88 bits per heavy atom. The van der Waals surface area contributed by atoms with Gasteiger partial charge in [0.1, 0.15) is 5.82 Å². The molecule has 1 aromatic heterocycles. The normalized spacial score (nSPS) is 24.0. The van der Waals surface area contributed by atoms with Crippen LogP contribution in [0.4, 0.5) is 10.1 Å². The number of amides is 2. The number of aliphatic carboxylic acids is 1. The first-order valence-corrected chi connectivity index (χ1v) is 19.1. The van der Waals surface area contributed by atoms with Crippen LogP contribution < -0.4 is 5.32 Å². The molecule has 1 aliphatic carbocycles. The third-order valence-electron chi connectivity index (χ3n) is 10.6. The zero-order valence-electron chi connectivity index (χ0n) is 27.4. The van der Waals surface area contributed by atoms with Gasteiger partial charge in [-0.25, -0.2) is 4.39 Å². The molecule has 258 valence electrons. The molecule has 0 radical (unpaired) electrons. The number of anilines is 1. The van der Waals surface area contributed by atoms with Gasteiger partial charge < -0.3 is 24.8 Å². The molecule has 9 nitrogen and oxygen atoms in total. The number of nitrogens with one attached hydrogen (secondary N) is 1. The molecule has 12 heteroatoms. The van der Waals surface area contributed by atoms with E-state index in [1.54, 1.807) is 13.2 Å². The van der Waals surface area contributed by atoms with Gasteiger partial charge in [-0.05, 0) is 67.9 Å². The van der Waals surface area contributed by atoms with Crippen LogP contribution in [0.25, 0.3) is 10.1 Å². The lowest BCUT2D eigenvalue weighted by atomic mass is 9.87. The summed E-state index contributed by atoms with van der Waals surface area (Å²) in [4.78, 5) is 42.8. The second-order valence-electron chi connectivity index (χ2n) is 13.4. The second-order valence-corrected chi connectivity index (χ2v) is 15.1. The Hall–Kier alpha value is -2.65. The summed E-state index contributed by atoms with van der Waals surface area (Å²) in [5, 5.41) is 14.9. The molecule has 6 rings (SSSR count). The largest absolute Gasteiger partial charge is 0.481 e. The molecule has 3 aromatic rings. The number of likely N-dealkylation sites (tertiary alicyclic amines) is 2. The van der Waals surface area contributed by atoms with E-state index < -0.39 is 11.8 Å². The molecule has 2 N–H and O–H groups in total. The highest BCUT2D eigenvalue weighted by atomic mass is 127. The number of methoxy groups -OCH3 is 1. The number of nitrogens with zero attached hydrogens (tertiary/aromatic N) is 2. The average molecular weight is 792 g/mol. The zero-order valence-corrected chi connectivity index (χ0v) is 30.4. The van der Waals surface area contributed by atoms with Gasteiger partial charge in [0.2, 0.25) is 5.91 Å². The molecule has 2 atom stereocenters. The van der Waals surface area contributed by atoms with Crippen LogP contribution in [0.1, 0.15) is 66.9 Å². The quantitative estimate of drug-likeness (QED) is 0.159. The van der Waals surface area contributed by atoms with E-state index >= 15 is 4.39 Å². The van der Waals surface area contributed by atoms with E-state index in [0.29, 0.717) is 60.1 Å². The van der Waals surface area contributed by atoms with Crippen molar-refractivity contribution in [2.24, 2.45) is 5.92 Å². The number of carboxylic acids is 1. The van der Waals surface area contributed by atoms with E-state index in [0.717, 1.165) is 41.6 Å². The molecular formula is C36H43FIN3O6S. The van der Waals surface area contributed by atoms with E-state index in [-0.39, 0.29) is 47.9 Å². The van der Waals surface area contributed by atoms with E-state index in [1.165, 1.54) is 17.4 Å². The summed E-state index contributed by atoms with van der Waals surface area (Å²) >= 11 is 3.68. The van der Waals surface area contributed by atoms with E-state index in [1.807, 2.05) is 34.5 Å². The third-order valence-corrected chi connectivity index (χ3v) is 12.4. The van der Waals surface area contributed by atoms with Gasteiger partial charge in [0.05, 0.1) is 42.3 Å². The lowest BCUT2D eigenvalue weighted by Crippen LogP contribution is -2.65. The Morgan fingerprint density at radius 1 is 1.12 bits per heavy atom. The van der Waals surface area contributed by atoms with Gasteiger partial charge in [-0.2, -0.15) is 0 Å². The highest BCUT2D eigenvalue weighted by Gasteiger charge is 2.48. The lowest BCUT2D eigenvalue weighted by Gasteiger charge is -2.51. The average Bonchev–Trinajstić information content (AvgIpc) is 3.70. The van der Waals surface area contributed by atoms with Crippen LogP contribution in [0, 0.1) is 11.7 Å². The number of hydrogen-bond acceptors (Lipinski definition) is 7. The fourth-order valence-electron chi connectivity index (χ4n) is 7.43. The summed E-state index contributed by atoms with van der Waals surface area (Å²) in [5.74, 6) is -2.05. The van der Waals surface area contributed by atoms with Crippen molar-refractivity contribution in [2.45, 2.75) is 80.1 Å². The lowest BCUT2D eigenvalue weighted by molar-refractivity contribution is -0.144. The van der Waals surface area contributed by atoms with Gasteiger partial charge in [0.25, 0.3) is 5.91 Å². The molecule has 2 saturated heterocycles. The Bertz CT molecular complexity index is 1650. The number of hydrogen-bond donors (Lipinski definition) is 2. The number of halogens is 2. The monoisotopic (exact) mass is 791 g/mol. The molecule has 3 heterocycles. The Labute approximate surface area is 298 Å². The number of alkyl halides is 1. The van der Waals surface area contributed by atoms with Gasteiger partial charge in [0, 0.05) is 58.4 Å². The summed E-state index contributed by atoms with van der Waals surface area (Å²) in [7, 11) is 1.75. The van der Waals surface area contributed by atoms with E-state index in [4.69, 9.17) is 9.47 Å². The summed E-state index contributed by atoms with van der Waals surface area (Å²) in [6.45, 7) is 4.64. The number of carbonyl (C=O) groups is 3. The Balaban J connectivity index is 1.14. The van der Waals surface area contributed by atoms with Gasteiger partial charge in [-0.3, -0.25) is 19.3 Å². The van der Waals surface area contributed by atoms with Crippen molar-refractivity contribution in [2.75, 3.05) is 38.7 Å². The summed E-state index contributed by atoms with van der Waals surface area (Å²) in [6, 6.07) is 10.7. The topological polar surface area (TPSA) is 108 Å². The number of ether oxygens (including phenoxy) is 2. The molecule has 0 bridgehead atoms. The molecule has 2 aromatic carbocycles. The number of rotatable bonds is 12. The van der Waals surface area contributed by atoms with Crippen LogP contribution in [0.5, 0.6) is 0 Å². The van der Waals surface area contributed by atoms with E-state index in [9.17, 15) is 19.5 Å². The van der Waals surface area contributed by atoms with Crippen molar-refractivity contribution >= 4 is 67.5 Å². The predicted molar refractivity (Wildman–Crippen MR) is 192 cm³/mol. The van der Waals surface area contributed by atoms with Crippen molar-refractivity contribution in [1.29, 1.82) is 0 Å². The van der Waals surface area contributed by atoms with Crippen LogP contribution in [-0.4, -0.2) is 89.8 Å². The molecular weight excluding hydrogens is 748 g/mol. The van der Waals surface area contributed by atoms with Crippen LogP contribution in [-0.2, 0) is 29.9 Å². The maximum Gasteiger partial charge on any atom is 0.306 e. The van der Waals surface area contributed by atoms with Gasteiger partial charge in [-0.1, -0.05) is 47.7 Å². The SMILES string of the molecule is CCC1(OC)CN([C@H]2C[C@@H](CO[C@H]3CC[C@H](C(=O)O)CC3)N(C(=O)Cc3cc(CI)c(NC(=O)c4csc5ccccc45)cc3F)C2)C1. The fourth-order valence-corrected chi connectivity index (χ4v) is 9.00. The van der Waals surface area contributed by atoms with Crippen molar-refractivity contribution in [1.82, 2.24) is 9.80 Å². The minimum absolute atomic E-state index is 0.0275. The number of carboxylic acid groups (broad SMARTS) is 1. The minimum Gasteiger partial charge on any atom is -0.481 e. The zero-order chi connectivity index (χ0) is 34.0. The van der Waals surface area contributed by atoms with E-state index in [2.05, 4.69) is 39.7 Å².